The minimum absolute atomic E-state index is 0.180. The molecule has 2 aromatic carbocycles. The summed E-state index contributed by atoms with van der Waals surface area (Å²) in [6.07, 6.45) is 1.61. The van der Waals surface area contributed by atoms with Gasteiger partial charge in [0, 0.05) is 13.7 Å². The molecule has 0 aliphatic carbocycles. The second-order valence-corrected chi connectivity index (χ2v) is 6.82. The number of hydrogen-bond donors (Lipinski definition) is 2. The number of hydrazone groups is 1. The van der Waals surface area contributed by atoms with Gasteiger partial charge in [-0.1, -0.05) is 28.1 Å². The van der Waals surface area contributed by atoms with Crippen LogP contribution in [0.25, 0.3) is 0 Å². The maximum atomic E-state index is 11.7. The van der Waals surface area contributed by atoms with E-state index in [1.165, 1.54) is 3.57 Å². The second-order valence-electron chi connectivity index (χ2n) is 4.66. The van der Waals surface area contributed by atoms with E-state index in [1.807, 2.05) is 43.3 Å². The van der Waals surface area contributed by atoms with Crippen molar-refractivity contribution in [1.29, 1.82) is 0 Å². The number of benzene rings is 2. The van der Waals surface area contributed by atoms with Gasteiger partial charge in [0.05, 0.1) is 12.8 Å². The number of aryl methyl sites for hydroxylation is 1. The Hall–Kier alpha value is -1.41. The standard InChI is InChI=1S/C16H15BrIN3O/c1-11-8-14(18)6-7-15(11)19-10-16(22)21-20-9-12-2-4-13(17)5-3-12/h2-9,19H,10H2,1H3,(H,21,22). The van der Waals surface area contributed by atoms with Crippen LogP contribution in [-0.2, 0) is 4.79 Å². The zero-order chi connectivity index (χ0) is 15.9. The van der Waals surface area contributed by atoms with Crippen LogP contribution in [0.1, 0.15) is 11.1 Å². The smallest absolute Gasteiger partial charge is 0.259 e. The first-order valence-electron chi connectivity index (χ1n) is 6.62. The van der Waals surface area contributed by atoms with Gasteiger partial charge in [-0.2, -0.15) is 5.10 Å². The van der Waals surface area contributed by atoms with E-state index in [4.69, 9.17) is 0 Å². The molecule has 0 unspecified atom stereocenters. The van der Waals surface area contributed by atoms with Crippen molar-refractivity contribution in [3.63, 3.8) is 0 Å². The largest absolute Gasteiger partial charge is 0.376 e. The molecule has 0 aliphatic rings. The van der Waals surface area contributed by atoms with Crippen LogP contribution < -0.4 is 10.7 Å². The maximum absolute atomic E-state index is 11.7. The van der Waals surface area contributed by atoms with Crippen molar-refractivity contribution in [3.8, 4) is 0 Å². The van der Waals surface area contributed by atoms with Gasteiger partial charge < -0.3 is 5.32 Å². The number of hydrogen-bond acceptors (Lipinski definition) is 3. The average Bonchev–Trinajstić information content (AvgIpc) is 2.48. The van der Waals surface area contributed by atoms with Crippen molar-refractivity contribution in [2.24, 2.45) is 5.10 Å². The summed E-state index contributed by atoms with van der Waals surface area (Å²) in [4.78, 5) is 11.7. The van der Waals surface area contributed by atoms with Crippen LogP contribution in [-0.4, -0.2) is 18.7 Å². The highest BCUT2D eigenvalue weighted by atomic mass is 127. The van der Waals surface area contributed by atoms with Gasteiger partial charge in [0.15, 0.2) is 0 Å². The molecule has 1 amide bonds. The first-order valence-corrected chi connectivity index (χ1v) is 8.49. The highest BCUT2D eigenvalue weighted by Gasteiger charge is 2.02. The molecule has 0 fully saturated rings. The molecule has 2 aromatic rings. The molecule has 22 heavy (non-hydrogen) atoms. The topological polar surface area (TPSA) is 53.5 Å². The van der Waals surface area contributed by atoms with Crippen LogP contribution >= 0.6 is 38.5 Å². The molecule has 0 saturated carbocycles. The molecule has 0 radical (unpaired) electrons. The Kier molecular flexibility index (Phi) is 6.38. The quantitative estimate of drug-likeness (QED) is 0.394. The zero-order valence-corrected chi connectivity index (χ0v) is 15.7. The van der Waals surface area contributed by atoms with Crippen LogP contribution in [0.15, 0.2) is 52.0 Å². The van der Waals surface area contributed by atoms with Gasteiger partial charge in [-0.25, -0.2) is 5.43 Å². The first-order chi connectivity index (χ1) is 10.5. The van der Waals surface area contributed by atoms with Gasteiger partial charge in [0.2, 0.25) is 0 Å². The summed E-state index contributed by atoms with van der Waals surface area (Å²) in [5, 5.41) is 7.04. The third-order valence-electron chi connectivity index (χ3n) is 2.90. The lowest BCUT2D eigenvalue weighted by molar-refractivity contribution is -0.119. The summed E-state index contributed by atoms with van der Waals surface area (Å²) in [7, 11) is 0. The molecular weight excluding hydrogens is 457 g/mol. The summed E-state index contributed by atoms with van der Waals surface area (Å²) in [5.74, 6) is -0.189. The van der Waals surface area contributed by atoms with E-state index < -0.39 is 0 Å². The number of nitrogens with zero attached hydrogens (tertiary/aromatic N) is 1. The highest BCUT2D eigenvalue weighted by molar-refractivity contribution is 14.1. The van der Waals surface area contributed by atoms with Gasteiger partial charge in [-0.3, -0.25) is 4.79 Å². The third-order valence-corrected chi connectivity index (χ3v) is 4.10. The zero-order valence-electron chi connectivity index (χ0n) is 11.9. The van der Waals surface area contributed by atoms with Crippen molar-refractivity contribution in [3.05, 3.63) is 61.6 Å². The van der Waals surface area contributed by atoms with Gasteiger partial charge in [0.25, 0.3) is 5.91 Å². The van der Waals surface area contributed by atoms with E-state index in [1.54, 1.807) is 6.21 Å². The SMILES string of the molecule is Cc1cc(I)ccc1NCC(=O)NN=Cc1ccc(Br)cc1. The second kappa shape index (κ2) is 8.28. The number of anilines is 1. The normalized spacial score (nSPS) is 10.7. The van der Waals surface area contributed by atoms with E-state index in [2.05, 4.69) is 60.4 Å². The summed E-state index contributed by atoms with van der Waals surface area (Å²) >= 11 is 5.63. The molecule has 0 bridgehead atoms. The monoisotopic (exact) mass is 471 g/mol. The van der Waals surface area contributed by atoms with Gasteiger partial charge >= 0.3 is 0 Å². The van der Waals surface area contributed by atoms with Crippen LogP contribution in [0.3, 0.4) is 0 Å². The van der Waals surface area contributed by atoms with E-state index in [-0.39, 0.29) is 12.5 Å². The predicted octanol–water partition coefficient (Wildman–Crippen LogP) is 3.92. The van der Waals surface area contributed by atoms with Gasteiger partial charge in [-0.05, 0) is 71.0 Å². The molecule has 0 spiro atoms. The molecule has 0 aliphatic heterocycles. The average molecular weight is 472 g/mol. The van der Waals surface area contributed by atoms with E-state index in [0.29, 0.717) is 0 Å². The minimum atomic E-state index is -0.189. The summed E-state index contributed by atoms with van der Waals surface area (Å²) < 4.78 is 2.18. The predicted molar refractivity (Wildman–Crippen MR) is 102 cm³/mol. The Morgan fingerprint density at radius 3 is 2.68 bits per heavy atom. The van der Waals surface area contributed by atoms with Crippen LogP contribution in [0.5, 0.6) is 0 Å². The van der Waals surface area contributed by atoms with Crippen molar-refractivity contribution in [1.82, 2.24) is 5.43 Å². The summed E-state index contributed by atoms with van der Waals surface area (Å²) in [5.41, 5.74) is 5.48. The summed E-state index contributed by atoms with van der Waals surface area (Å²) in [6.45, 7) is 2.19. The van der Waals surface area contributed by atoms with Crippen LogP contribution in [0.4, 0.5) is 5.69 Å². The number of amides is 1. The number of halogens is 2. The Morgan fingerprint density at radius 2 is 2.00 bits per heavy atom. The molecule has 0 saturated heterocycles. The van der Waals surface area contributed by atoms with Crippen molar-refractivity contribution in [2.45, 2.75) is 6.92 Å². The molecular formula is C16H15BrIN3O. The molecule has 0 aromatic heterocycles. The maximum Gasteiger partial charge on any atom is 0.259 e. The molecule has 0 heterocycles. The lowest BCUT2D eigenvalue weighted by atomic mass is 10.2. The van der Waals surface area contributed by atoms with Crippen molar-refractivity contribution in [2.75, 3.05) is 11.9 Å². The molecule has 2 N–H and O–H groups in total. The number of carbonyl (C=O) groups excluding carboxylic acids is 1. The van der Waals surface area contributed by atoms with Crippen molar-refractivity contribution < 1.29 is 4.79 Å². The minimum Gasteiger partial charge on any atom is -0.376 e. The number of carbonyl (C=O) groups is 1. The van der Waals surface area contributed by atoms with Crippen LogP contribution in [0.2, 0.25) is 0 Å². The molecule has 114 valence electrons. The Balaban J connectivity index is 1.81. The first kappa shape index (κ1) is 17.0. The fraction of sp³-hybridized carbons (Fsp3) is 0.125. The van der Waals surface area contributed by atoms with E-state index in [9.17, 15) is 4.79 Å². The molecule has 2 rings (SSSR count). The Bertz CT molecular complexity index is 686. The van der Waals surface area contributed by atoms with Gasteiger partial charge in [0.1, 0.15) is 0 Å². The molecule has 4 nitrogen and oxygen atoms in total. The number of nitrogens with one attached hydrogen (secondary N) is 2. The van der Waals surface area contributed by atoms with E-state index in [0.717, 1.165) is 21.3 Å². The van der Waals surface area contributed by atoms with Crippen molar-refractivity contribution >= 4 is 56.3 Å². The fourth-order valence-corrected chi connectivity index (χ4v) is 2.68. The Morgan fingerprint density at radius 1 is 1.27 bits per heavy atom. The van der Waals surface area contributed by atoms with Gasteiger partial charge in [-0.15, -0.1) is 0 Å². The lowest BCUT2D eigenvalue weighted by Crippen LogP contribution is -2.26. The molecule has 6 heteroatoms. The number of rotatable bonds is 5. The highest BCUT2D eigenvalue weighted by Crippen LogP contribution is 2.17. The van der Waals surface area contributed by atoms with E-state index >= 15 is 0 Å². The lowest BCUT2D eigenvalue weighted by Gasteiger charge is -2.08. The fourth-order valence-electron chi connectivity index (χ4n) is 1.77. The Labute approximate surface area is 151 Å². The summed E-state index contributed by atoms with van der Waals surface area (Å²) in [6, 6.07) is 13.7. The molecule has 0 atom stereocenters. The van der Waals surface area contributed by atoms with Crippen LogP contribution in [0, 0.1) is 10.5 Å². The third kappa shape index (κ3) is 5.42.